The lowest BCUT2D eigenvalue weighted by Gasteiger charge is -2.17. The van der Waals surface area contributed by atoms with Crippen molar-refractivity contribution in [3.63, 3.8) is 0 Å². The highest BCUT2D eigenvalue weighted by Crippen LogP contribution is 2.29. The number of benzene rings is 1. The molecule has 1 aliphatic heterocycles. The van der Waals surface area contributed by atoms with E-state index in [4.69, 9.17) is 9.47 Å². The van der Waals surface area contributed by atoms with Crippen LogP contribution in [0.2, 0.25) is 0 Å². The van der Waals surface area contributed by atoms with Crippen LogP contribution in [0.15, 0.2) is 18.2 Å². The van der Waals surface area contributed by atoms with Crippen LogP contribution in [0.1, 0.15) is 13.8 Å². The maximum atomic E-state index is 12.2. The van der Waals surface area contributed by atoms with E-state index in [1.54, 1.807) is 18.2 Å². The molecular formula is C17H21N3O6. The van der Waals surface area contributed by atoms with Gasteiger partial charge in [0.05, 0.1) is 14.2 Å². The van der Waals surface area contributed by atoms with Crippen LogP contribution in [0.3, 0.4) is 0 Å². The highest BCUT2D eigenvalue weighted by atomic mass is 16.5. The molecule has 1 aliphatic rings. The lowest BCUT2D eigenvalue weighted by molar-refractivity contribution is -0.143. The summed E-state index contributed by atoms with van der Waals surface area (Å²) in [5.41, 5.74) is 0.400. The van der Waals surface area contributed by atoms with Crippen LogP contribution in [-0.2, 0) is 14.4 Å². The van der Waals surface area contributed by atoms with Crippen molar-refractivity contribution < 1.29 is 28.7 Å². The number of methoxy groups -OCH3 is 2. The third kappa shape index (κ3) is 3.93. The Morgan fingerprint density at radius 1 is 1.04 bits per heavy atom. The molecular weight excluding hydrogens is 342 g/mol. The summed E-state index contributed by atoms with van der Waals surface area (Å²) in [7, 11) is 2.95. The normalized spacial score (nSPS) is 14.3. The van der Waals surface area contributed by atoms with Gasteiger partial charge in [-0.3, -0.25) is 19.3 Å². The zero-order valence-electron chi connectivity index (χ0n) is 15.1. The third-order valence-electron chi connectivity index (χ3n) is 3.65. The molecule has 1 saturated heterocycles. The first-order valence-electron chi connectivity index (χ1n) is 7.97. The number of carbonyl (C=O) groups is 4. The number of amides is 5. The second-order valence-corrected chi connectivity index (χ2v) is 6.10. The smallest absolute Gasteiger partial charge is 0.334 e. The number of rotatable bonds is 7. The van der Waals surface area contributed by atoms with E-state index in [2.05, 4.69) is 5.32 Å². The maximum absolute atomic E-state index is 12.2. The summed E-state index contributed by atoms with van der Waals surface area (Å²) < 4.78 is 10.3. The van der Waals surface area contributed by atoms with Crippen molar-refractivity contribution in [3.8, 4) is 11.5 Å². The fourth-order valence-corrected chi connectivity index (χ4v) is 2.47. The van der Waals surface area contributed by atoms with Crippen LogP contribution in [0, 0.1) is 5.92 Å². The van der Waals surface area contributed by atoms with Gasteiger partial charge in [-0.25, -0.2) is 9.69 Å². The quantitative estimate of drug-likeness (QED) is 0.574. The molecule has 26 heavy (non-hydrogen) atoms. The van der Waals surface area contributed by atoms with Crippen molar-refractivity contribution in [2.24, 2.45) is 5.92 Å². The molecule has 5 amide bonds. The van der Waals surface area contributed by atoms with Crippen molar-refractivity contribution >= 4 is 29.4 Å². The van der Waals surface area contributed by atoms with E-state index >= 15 is 0 Å². The molecule has 140 valence electrons. The first-order valence-corrected chi connectivity index (χ1v) is 7.97. The number of urea groups is 1. The fourth-order valence-electron chi connectivity index (χ4n) is 2.47. The van der Waals surface area contributed by atoms with Gasteiger partial charge >= 0.3 is 17.8 Å². The van der Waals surface area contributed by atoms with Gasteiger partial charge in [0, 0.05) is 18.3 Å². The third-order valence-corrected chi connectivity index (χ3v) is 3.65. The molecule has 0 radical (unpaired) electrons. The monoisotopic (exact) mass is 363 g/mol. The first-order chi connectivity index (χ1) is 12.3. The molecule has 0 unspecified atom stereocenters. The highest BCUT2D eigenvalue weighted by molar-refractivity contribution is 6.45. The van der Waals surface area contributed by atoms with Crippen molar-refractivity contribution in [2.45, 2.75) is 13.8 Å². The van der Waals surface area contributed by atoms with Crippen molar-refractivity contribution in [1.29, 1.82) is 0 Å². The predicted octanol–water partition coefficient (Wildman–Crippen LogP) is 1.09. The molecule has 0 aliphatic carbocycles. The zero-order chi connectivity index (χ0) is 19.4. The van der Waals surface area contributed by atoms with Crippen molar-refractivity contribution in [3.05, 3.63) is 18.2 Å². The molecule has 0 bridgehead atoms. The van der Waals surface area contributed by atoms with E-state index in [0.717, 1.165) is 4.90 Å². The highest BCUT2D eigenvalue weighted by Gasteiger charge is 2.45. The molecule has 1 heterocycles. The Hall–Kier alpha value is -3.10. The summed E-state index contributed by atoms with van der Waals surface area (Å²) in [5.74, 6) is -1.61. The number of hydrogen-bond donors (Lipinski definition) is 1. The van der Waals surface area contributed by atoms with Gasteiger partial charge < -0.3 is 14.8 Å². The fraction of sp³-hybridized carbons (Fsp3) is 0.412. The van der Waals surface area contributed by atoms with Gasteiger partial charge in [-0.15, -0.1) is 0 Å². The number of imide groups is 2. The van der Waals surface area contributed by atoms with Gasteiger partial charge in [0.15, 0.2) is 11.5 Å². The van der Waals surface area contributed by atoms with Gasteiger partial charge in [-0.05, 0) is 18.1 Å². The predicted molar refractivity (Wildman–Crippen MR) is 91.8 cm³/mol. The van der Waals surface area contributed by atoms with E-state index in [-0.39, 0.29) is 12.5 Å². The second-order valence-electron chi connectivity index (χ2n) is 6.10. The largest absolute Gasteiger partial charge is 0.493 e. The second kappa shape index (κ2) is 7.85. The van der Waals surface area contributed by atoms with Crippen molar-refractivity contribution in [2.75, 3.05) is 32.6 Å². The number of nitrogens with one attached hydrogen (secondary N) is 1. The minimum absolute atomic E-state index is 0.0104. The van der Waals surface area contributed by atoms with E-state index in [1.165, 1.54) is 14.2 Å². The zero-order valence-corrected chi connectivity index (χ0v) is 15.1. The van der Waals surface area contributed by atoms with E-state index < -0.39 is 30.3 Å². The number of nitrogens with zero attached hydrogens (tertiary/aromatic N) is 2. The summed E-state index contributed by atoms with van der Waals surface area (Å²) in [6.07, 6.45) is 0. The van der Waals surface area contributed by atoms with Crippen LogP contribution in [-0.4, -0.2) is 60.9 Å². The first kappa shape index (κ1) is 19.2. The van der Waals surface area contributed by atoms with Crippen LogP contribution in [0.25, 0.3) is 0 Å². The molecule has 0 spiro atoms. The molecule has 9 nitrogen and oxygen atoms in total. The number of anilines is 1. The van der Waals surface area contributed by atoms with Crippen LogP contribution >= 0.6 is 0 Å². The summed E-state index contributed by atoms with van der Waals surface area (Å²) in [5, 5.41) is 2.56. The number of ether oxygens (including phenoxy) is 2. The summed E-state index contributed by atoms with van der Waals surface area (Å²) in [6, 6.07) is 3.95. The SMILES string of the molecule is COc1ccc(NC(=O)CN2C(=O)C(=O)N(CC(C)C)C2=O)cc1OC. The maximum Gasteiger partial charge on any atom is 0.334 e. The molecule has 0 atom stereocenters. The average molecular weight is 363 g/mol. The molecule has 0 aromatic heterocycles. The molecule has 1 aromatic rings. The van der Waals surface area contributed by atoms with E-state index in [0.29, 0.717) is 22.1 Å². The Morgan fingerprint density at radius 3 is 2.23 bits per heavy atom. The van der Waals surface area contributed by atoms with Gasteiger partial charge in [0.25, 0.3) is 0 Å². The molecule has 1 fully saturated rings. The minimum atomic E-state index is -1.00. The van der Waals surface area contributed by atoms with Gasteiger partial charge in [-0.1, -0.05) is 13.8 Å². The Bertz CT molecular complexity index is 746. The average Bonchev–Trinajstić information content (AvgIpc) is 2.79. The standard InChI is InChI=1S/C17H21N3O6/c1-10(2)8-19-15(22)16(23)20(17(19)24)9-14(21)18-11-5-6-12(25-3)13(7-11)26-4/h5-7,10H,8-9H2,1-4H3,(H,18,21). The van der Waals surface area contributed by atoms with E-state index in [9.17, 15) is 19.2 Å². The Morgan fingerprint density at radius 2 is 1.65 bits per heavy atom. The summed E-state index contributed by atoms with van der Waals surface area (Å²) in [4.78, 5) is 49.8. The topological polar surface area (TPSA) is 105 Å². The van der Waals surface area contributed by atoms with Crippen LogP contribution in [0.4, 0.5) is 10.5 Å². The lowest BCUT2D eigenvalue weighted by atomic mass is 10.2. The lowest BCUT2D eigenvalue weighted by Crippen LogP contribution is -2.39. The minimum Gasteiger partial charge on any atom is -0.493 e. The molecule has 9 heteroatoms. The Kier molecular flexibility index (Phi) is 5.81. The molecule has 2 rings (SSSR count). The van der Waals surface area contributed by atoms with Crippen LogP contribution < -0.4 is 14.8 Å². The van der Waals surface area contributed by atoms with Crippen LogP contribution in [0.5, 0.6) is 11.5 Å². The van der Waals surface area contributed by atoms with Gasteiger partial charge in [-0.2, -0.15) is 0 Å². The van der Waals surface area contributed by atoms with Gasteiger partial charge in [0.1, 0.15) is 6.54 Å². The van der Waals surface area contributed by atoms with Gasteiger partial charge in [0.2, 0.25) is 5.91 Å². The van der Waals surface area contributed by atoms with E-state index in [1.807, 2.05) is 13.8 Å². The molecule has 0 saturated carbocycles. The molecule has 1 aromatic carbocycles. The molecule has 1 N–H and O–H groups in total. The summed E-state index contributed by atoms with van der Waals surface area (Å²) >= 11 is 0. The van der Waals surface area contributed by atoms with Crippen molar-refractivity contribution in [1.82, 2.24) is 9.80 Å². The summed E-state index contributed by atoms with van der Waals surface area (Å²) in [6.45, 7) is 3.21. The number of hydrogen-bond acceptors (Lipinski definition) is 6. The Balaban J connectivity index is 2.07. The number of carbonyl (C=O) groups excluding carboxylic acids is 4. The Labute approximate surface area is 150 Å².